The van der Waals surface area contributed by atoms with Crippen LogP contribution in [0.5, 0.6) is 5.88 Å². The molecule has 1 heterocycles. The number of aryl methyl sites for hydroxylation is 2. The fourth-order valence-corrected chi connectivity index (χ4v) is 3.74. The molecule has 0 fully saturated rings. The van der Waals surface area contributed by atoms with E-state index in [4.69, 9.17) is 4.74 Å². The smallest absolute Gasteiger partial charge is 0.262 e. The normalized spacial score (nSPS) is 11.2. The molecule has 2 aromatic rings. The Morgan fingerprint density at radius 2 is 1.90 bits per heavy atom. The van der Waals surface area contributed by atoms with Gasteiger partial charge in [0.15, 0.2) is 0 Å². The van der Waals surface area contributed by atoms with Crippen LogP contribution in [0, 0.1) is 13.8 Å². The van der Waals surface area contributed by atoms with E-state index in [0.29, 0.717) is 21.7 Å². The average molecular weight is 371 g/mol. The third-order valence-corrected chi connectivity index (χ3v) is 5.03. The molecule has 1 N–H and O–H groups in total. The summed E-state index contributed by atoms with van der Waals surface area (Å²) in [7, 11) is -2.17. The number of hydrogen-bond donors (Lipinski definition) is 1. The largest absolute Gasteiger partial charge is 0.481 e. The number of benzene rings is 1. The zero-order valence-corrected chi connectivity index (χ0v) is 14.2. The monoisotopic (exact) mass is 370 g/mol. The first-order chi connectivity index (χ1) is 9.83. The molecule has 5 nitrogen and oxygen atoms in total. The number of pyridine rings is 1. The van der Waals surface area contributed by atoms with Crippen LogP contribution in [0.3, 0.4) is 0 Å². The van der Waals surface area contributed by atoms with E-state index in [1.165, 1.54) is 7.11 Å². The molecule has 1 aromatic heterocycles. The summed E-state index contributed by atoms with van der Waals surface area (Å²) in [6.07, 6.45) is 0. The lowest BCUT2D eigenvalue weighted by atomic mass is 10.2. The summed E-state index contributed by atoms with van der Waals surface area (Å²) in [6.45, 7) is 3.68. The first-order valence-corrected chi connectivity index (χ1v) is 8.42. The van der Waals surface area contributed by atoms with Gasteiger partial charge < -0.3 is 4.74 Å². The Balaban J connectivity index is 2.37. The minimum absolute atomic E-state index is 0.246. The number of hydrogen-bond acceptors (Lipinski definition) is 4. The number of anilines is 1. The molecule has 0 radical (unpaired) electrons. The van der Waals surface area contributed by atoms with E-state index >= 15 is 0 Å². The fourth-order valence-electron chi connectivity index (χ4n) is 1.91. The van der Waals surface area contributed by atoms with Crippen molar-refractivity contribution < 1.29 is 13.2 Å². The summed E-state index contributed by atoms with van der Waals surface area (Å²) in [4.78, 5) is 4.32. The van der Waals surface area contributed by atoms with E-state index in [-0.39, 0.29) is 4.90 Å². The highest BCUT2D eigenvalue weighted by Crippen LogP contribution is 2.26. The van der Waals surface area contributed by atoms with Crippen LogP contribution in [-0.2, 0) is 10.0 Å². The second kappa shape index (κ2) is 6.03. The van der Waals surface area contributed by atoms with Gasteiger partial charge >= 0.3 is 0 Å². The van der Waals surface area contributed by atoms with Gasteiger partial charge in [0.1, 0.15) is 4.60 Å². The van der Waals surface area contributed by atoms with Gasteiger partial charge in [0.2, 0.25) is 5.88 Å². The molecule has 0 aliphatic heterocycles. The molecule has 1 aromatic carbocycles. The topological polar surface area (TPSA) is 68.3 Å². The van der Waals surface area contributed by atoms with Crippen molar-refractivity contribution in [2.45, 2.75) is 18.7 Å². The molecule has 7 heteroatoms. The third-order valence-electron chi connectivity index (χ3n) is 2.90. The van der Waals surface area contributed by atoms with Gasteiger partial charge in [-0.25, -0.2) is 13.4 Å². The van der Waals surface area contributed by atoms with Crippen molar-refractivity contribution in [1.82, 2.24) is 4.98 Å². The molecule has 0 spiro atoms. The summed E-state index contributed by atoms with van der Waals surface area (Å²) in [5, 5.41) is 0. The van der Waals surface area contributed by atoms with Gasteiger partial charge in [-0.3, -0.25) is 4.72 Å². The number of halogens is 1. The second-order valence-electron chi connectivity index (χ2n) is 4.57. The van der Waals surface area contributed by atoms with Gasteiger partial charge in [0.05, 0.1) is 17.7 Å². The third kappa shape index (κ3) is 3.54. The minimum Gasteiger partial charge on any atom is -0.481 e. The summed E-state index contributed by atoms with van der Waals surface area (Å²) in [6, 6.07) is 8.37. The predicted molar refractivity (Wildman–Crippen MR) is 85.2 cm³/mol. The zero-order chi connectivity index (χ0) is 15.6. The molecule has 112 valence electrons. The molecule has 21 heavy (non-hydrogen) atoms. The van der Waals surface area contributed by atoms with Crippen LogP contribution < -0.4 is 9.46 Å². The molecule has 0 aliphatic rings. The highest BCUT2D eigenvalue weighted by molar-refractivity contribution is 9.10. The van der Waals surface area contributed by atoms with E-state index in [1.807, 2.05) is 13.0 Å². The number of ether oxygens (including phenoxy) is 1. The van der Waals surface area contributed by atoms with E-state index < -0.39 is 10.0 Å². The predicted octanol–water partition coefficient (Wildman–Crippen LogP) is 3.27. The molecule has 0 saturated heterocycles. The van der Waals surface area contributed by atoms with E-state index in [9.17, 15) is 8.42 Å². The lowest BCUT2D eigenvalue weighted by Crippen LogP contribution is -2.15. The Bertz CT molecular complexity index is 776. The van der Waals surface area contributed by atoms with Gasteiger partial charge in [-0.2, -0.15) is 0 Å². The standard InChI is InChI=1S/C14H15BrN2O3S/c1-9-4-6-12(10(2)8-9)21(18,19)17-11-5-7-13(20-3)16-14(11)15/h4-8,17H,1-3H3. The number of methoxy groups -OCH3 is 1. The Morgan fingerprint density at radius 3 is 2.48 bits per heavy atom. The summed E-state index contributed by atoms with van der Waals surface area (Å²) >= 11 is 3.23. The van der Waals surface area contributed by atoms with Crippen LogP contribution in [0.4, 0.5) is 5.69 Å². The number of nitrogens with zero attached hydrogens (tertiary/aromatic N) is 1. The lowest BCUT2D eigenvalue weighted by Gasteiger charge is -2.12. The van der Waals surface area contributed by atoms with E-state index in [0.717, 1.165) is 5.56 Å². The highest BCUT2D eigenvalue weighted by atomic mass is 79.9. The molecule has 0 unspecified atom stereocenters. The van der Waals surface area contributed by atoms with Gasteiger partial charge in [0.25, 0.3) is 10.0 Å². The fraction of sp³-hybridized carbons (Fsp3) is 0.214. The number of sulfonamides is 1. The molecule has 0 atom stereocenters. The number of aromatic nitrogens is 1. The maximum Gasteiger partial charge on any atom is 0.262 e. The second-order valence-corrected chi connectivity index (χ2v) is 6.97. The van der Waals surface area contributed by atoms with Crippen LogP contribution in [0.25, 0.3) is 0 Å². The molecule has 0 amide bonds. The minimum atomic E-state index is -3.66. The van der Waals surface area contributed by atoms with Crippen LogP contribution >= 0.6 is 15.9 Å². The Hall–Kier alpha value is -1.60. The Morgan fingerprint density at radius 1 is 1.19 bits per heavy atom. The van der Waals surface area contributed by atoms with Crippen molar-refractivity contribution >= 4 is 31.6 Å². The SMILES string of the molecule is COc1ccc(NS(=O)(=O)c2ccc(C)cc2C)c(Br)n1. The molecule has 0 aliphatic carbocycles. The van der Waals surface area contributed by atoms with Crippen molar-refractivity contribution in [3.63, 3.8) is 0 Å². The summed E-state index contributed by atoms with van der Waals surface area (Å²) < 4.78 is 32.8. The van der Waals surface area contributed by atoms with Crippen LogP contribution in [-0.4, -0.2) is 20.5 Å². The van der Waals surface area contributed by atoms with E-state index in [2.05, 4.69) is 25.6 Å². The maximum absolute atomic E-state index is 12.4. The van der Waals surface area contributed by atoms with Gasteiger partial charge in [0, 0.05) is 6.07 Å². The van der Waals surface area contributed by atoms with Gasteiger partial charge in [-0.05, 0) is 47.5 Å². The van der Waals surface area contributed by atoms with E-state index in [1.54, 1.807) is 31.2 Å². The van der Waals surface area contributed by atoms with Crippen molar-refractivity contribution in [1.29, 1.82) is 0 Å². The van der Waals surface area contributed by atoms with Crippen LogP contribution in [0.1, 0.15) is 11.1 Å². The molecule has 2 rings (SSSR count). The molecular weight excluding hydrogens is 356 g/mol. The first-order valence-electron chi connectivity index (χ1n) is 6.14. The molecular formula is C14H15BrN2O3S. The highest BCUT2D eigenvalue weighted by Gasteiger charge is 2.18. The summed E-state index contributed by atoms with van der Waals surface area (Å²) in [5.74, 6) is 0.399. The maximum atomic E-state index is 12.4. The van der Waals surface area contributed by atoms with Crippen molar-refractivity contribution in [2.75, 3.05) is 11.8 Å². The van der Waals surface area contributed by atoms with Gasteiger partial charge in [-0.15, -0.1) is 0 Å². The Labute approximate surface area is 132 Å². The average Bonchev–Trinajstić information content (AvgIpc) is 2.40. The lowest BCUT2D eigenvalue weighted by molar-refractivity contribution is 0.397. The van der Waals surface area contributed by atoms with Crippen LogP contribution in [0.15, 0.2) is 39.8 Å². The van der Waals surface area contributed by atoms with Crippen LogP contribution in [0.2, 0.25) is 0 Å². The molecule has 0 bridgehead atoms. The zero-order valence-electron chi connectivity index (χ0n) is 11.8. The van der Waals surface area contributed by atoms with Crippen molar-refractivity contribution in [3.05, 3.63) is 46.1 Å². The quantitative estimate of drug-likeness (QED) is 0.838. The number of rotatable bonds is 4. The Kier molecular flexibility index (Phi) is 4.53. The van der Waals surface area contributed by atoms with Crippen molar-refractivity contribution in [2.24, 2.45) is 0 Å². The van der Waals surface area contributed by atoms with Crippen molar-refractivity contribution in [3.8, 4) is 5.88 Å². The number of nitrogens with one attached hydrogen (secondary N) is 1. The molecule has 0 saturated carbocycles. The first kappa shape index (κ1) is 15.8. The summed E-state index contributed by atoms with van der Waals surface area (Å²) in [5.41, 5.74) is 2.06. The van der Waals surface area contributed by atoms with Gasteiger partial charge in [-0.1, -0.05) is 17.7 Å².